The van der Waals surface area contributed by atoms with Crippen molar-refractivity contribution in [3.05, 3.63) is 0 Å². The Kier molecular flexibility index (Phi) is 2.30. The van der Waals surface area contributed by atoms with Crippen molar-refractivity contribution in [3.8, 4) is 0 Å². The lowest BCUT2D eigenvalue weighted by atomic mass is 9.83. The van der Waals surface area contributed by atoms with Gasteiger partial charge in [0, 0.05) is 13.1 Å². The van der Waals surface area contributed by atoms with E-state index >= 15 is 0 Å². The van der Waals surface area contributed by atoms with E-state index < -0.39 is 6.10 Å². The highest BCUT2D eigenvalue weighted by Crippen LogP contribution is 2.48. The van der Waals surface area contributed by atoms with Gasteiger partial charge in [0.25, 0.3) is 5.91 Å². The van der Waals surface area contributed by atoms with Crippen LogP contribution in [0.1, 0.15) is 33.1 Å². The van der Waals surface area contributed by atoms with Crippen molar-refractivity contribution in [1.29, 1.82) is 0 Å². The molecule has 1 saturated heterocycles. The van der Waals surface area contributed by atoms with Crippen LogP contribution >= 0.6 is 0 Å². The van der Waals surface area contributed by atoms with E-state index in [1.807, 2.05) is 4.90 Å². The molecule has 3 atom stereocenters. The summed E-state index contributed by atoms with van der Waals surface area (Å²) in [6.45, 7) is 5.54. The molecule has 0 bridgehead atoms. The summed E-state index contributed by atoms with van der Waals surface area (Å²) in [6.07, 6.45) is 2.96. The predicted octanol–water partition coefficient (Wildman–Crippen LogP) is 1.02. The SMILES string of the molecule is C[C@H](O)C(=O)N1C[C@@H]2CCC[C@]2(C)C1. The number of likely N-dealkylation sites (tertiary alicyclic amines) is 1. The summed E-state index contributed by atoms with van der Waals surface area (Å²) in [5.41, 5.74) is 0.338. The number of nitrogens with zero attached hydrogens (tertiary/aromatic N) is 1. The highest BCUT2D eigenvalue weighted by atomic mass is 16.3. The van der Waals surface area contributed by atoms with E-state index in [0.717, 1.165) is 13.1 Å². The van der Waals surface area contributed by atoms with E-state index in [1.54, 1.807) is 6.92 Å². The van der Waals surface area contributed by atoms with Crippen LogP contribution in [-0.4, -0.2) is 35.1 Å². The quantitative estimate of drug-likeness (QED) is 0.681. The smallest absolute Gasteiger partial charge is 0.251 e. The van der Waals surface area contributed by atoms with Crippen LogP contribution in [0.15, 0.2) is 0 Å². The van der Waals surface area contributed by atoms with Gasteiger partial charge >= 0.3 is 0 Å². The lowest BCUT2D eigenvalue weighted by Gasteiger charge is -2.23. The number of amides is 1. The number of rotatable bonds is 1. The largest absolute Gasteiger partial charge is 0.384 e. The number of carbonyl (C=O) groups excluding carboxylic acids is 1. The molecule has 1 heterocycles. The van der Waals surface area contributed by atoms with Gasteiger partial charge in [0.1, 0.15) is 6.10 Å². The first kappa shape index (κ1) is 9.97. The van der Waals surface area contributed by atoms with Gasteiger partial charge in [-0.05, 0) is 31.1 Å². The summed E-state index contributed by atoms with van der Waals surface area (Å²) in [5.74, 6) is 0.575. The first-order valence-electron chi connectivity index (χ1n) is 5.50. The van der Waals surface area contributed by atoms with E-state index in [-0.39, 0.29) is 5.91 Å². The van der Waals surface area contributed by atoms with E-state index in [2.05, 4.69) is 6.92 Å². The third kappa shape index (κ3) is 1.44. The molecule has 2 fully saturated rings. The fraction of sp³-hybridized carbons (Fsp3) is 0.909. The third-order valence-corrected chi connectivity index (χ3v) is 3.95. The molecule has 2 aliphatic rings. The van der Waals surface area contributed by atoms with Gasteiger partial charge in [0.2, 0.25) is 0 Å². The van der Waals surface area contributed by atoms with E-state index in [4.69, 9.17) is 0 Å². The van der Waals surface area contributed by atoms with Crippen molar-refractivity contribution in [3.63, 3.8) is 0 Å². The maximum atomic E-state index is 11.6. The summed E-state index contributed by atoms with van der Waals surface area (Å²) in [6, 6.07) is 0. The van der Waals surface area contributed by atoms with Gasteiger partial charge in [-0.15, -0.1) is 0 Å². The Bertz CT molecular complexity index is 252. The van der Waals surface area contributed by atoms with Crippen LogP contribution in [0.3, 0.4) is 0 Å². The molecule has 0 spiro atoms. The van der Waals surface area contributed by atoms with Crippen molar-refractivity contribution >= 4 is 5.91 Å². The van der Waals surface area contributed by atoms with Crippen LogP contribution in [-0.2, 0) is 4.79 Å². The molecule has 3 nitrogen and oxygen atoms in total. The van der Waals surface area contributed by atoms with E-state index in [9.17, 15) is 9.90 Å². The standard InChI is InChI=1S/C11H19NO2/c1-8(13)10(14)12-6-9-4-3-5-11(9,2)7-12/h8-9,13H,3-7H2,1-2H3/t8-,9-,11+/m0/s1. The predicted molar refractivity (Wildman–Crippen MR) is 53.7 cm³/mol. The minimum atomic E-state index is -0.836. The van der Waals surface area contributed by atoms with Crippen LogP contribution in [0, 0.1) is 11.3 Å². The van der Waals surface area contributed by atoms with E-state index in [1.165, 1.54) is 19.3 Å². The van der Waals surface area contributed by atoms with Crippen molar-refractivity contribution < 1.29 is 9.90 Å². The highest BCUT2D eigenvalue weighted by Gasteiger charge is 2.47. The molecule has 0 aromatic heterocycles. The Morgan fingerprint density at radius 1 is 1.64 bits per heavy atom. The maximum Gasteiger partial charge on any atom is 0.251 e. The fourth-order valence-electron chi connectivity index (χ4n) is 3.02. The summed E-state index contributed by atoms with van der Waals surface area (Å²) in [4.78, 5) is 13.4. The lowest BCUT2D eigenvalue weighted by molar-refractivity contribution is -0.138. The van der Waals surface area contributed by atoms with E-state index in [0.29, 0.717) is 11.3 Å². The molecule has 80 valence electrons. The van der Waals surface area contributed by atoms with Crippen molar-refractivity contribution in [1.82, 2.24) is 4.90 Å². The minimum absolute atomic E-state index is 0.0966. The molecule has 1 N–H and O–H groups in total. The zero-order valence-electron chi connectivity index (χ0n) is 8.99. The Hall–Kier alpha value is -0.570. The van der Waals surface area contributed by atoms with Gasteiger partial charge in [-0.2, -0.15) is 0 Å². The number of aliphatic hydroxyl groups excluding tert-OH is 1. The summed E-state index contributed by atoms with van der Waals surface area (Å²) in [5, 5.41) is 9.24. The van der Waals surface area contributed by atoms with Gasteiger partial charge in [0.05, 0.1) is 0 Å². The van der Waals surface area contributed by atoms with Crippen molar-refractivity contribution in [2.75, 3.05) is 13.1 Å². The average molecular weight is 197 g/mol. The number of aliphatic hydroxyl groups is 1. The van der Waals surface area contributed by atoms with Gasteiger partial charge in [-0.1, -0.05) is 13.3 Å². The lowest BCUT2D eigenvalue weighted by Crippen LogP contribution is -2.37. The van der Waals surface area contributed by atoms with Crippen LogP contribution in [0.2, 0.25) is 0 Å². The van der Waals surface area contributed by atoms with Crippen LogP contribution < -0.4 is 0 Å². The van der Waals surface area contributed by atoms with Gasteiger partial charge in [0.15, 0.2) is 0 Å². The summed E-state index contributed by atoms with van der Waals surface area (Å²) >= 11 is 0. The Balaban J connectivity index is 2.05. The molecule has 0 aromatic rings. The molecule has 1 amide bonds. The fourth-order valence-corrected chi connectivity index (χ4v) is 3.02. The average Bonchev–Trinajstić information content (AvgIpc) is 2.57. The molecule has 14 heavy (non-hydrogen) atoms. The summed E-state index contributed by atoms with van der Waals surface area (Å²) < 4.78 is 0. The van der Waals surface area contributed by atoms with Gasteiger partial charge < -0.3 is 10.0 Å². The van der Waals surface area contributed by atoms with Crippen molar-refractivity contribution in [2.45, 2.75) is 39.2 Å². The molecular formula is C11H19NO2. The van der Waals surface area contributed by atoms with Crippen LogP contribution in [0.4, 0.5) is 0 Å². The molecule has 2 rings (SSSR count). The first-order chi connectivity index (χ1) is 6.53. The molecule has 1 saturated carbocycles. The van der Waals surface area contributed by atoms with Crippen LogP contribution in [0.5, 0.6) is 0 Å². The molecule has 1 aliphatic carbocycles. The second kappa shape index (κ2) is 3.23. The second-order valence-corrected chi connectivity index (χ2v) is 5.14. The molecule has 0 radical (unpaired) electrons. The number of hydrogen-bond donors (Lipinski definition) is 1. The Labute approximate surface area is 85.1 Å². The zero-order valence-corrected chi connectivity index (χ0v) is 8.99. The van der Waals surface area contributed by atoms with Gasteiger partial charge in [-0.3, -0.25) is 4.79 Å². The third-order valence-electron chi connectivity index (χ3n) is 3.95. The molecular weight excluding hydrogens is 178 g/mol. The van der Waals surface area contributed by atoms with Gasteiger partial charge in [-0.25, -0.2) is 0 Å². The number of fused-ring (bicyclic) bond motifs is 1. The second-order valence-electron chi connectivity index (χ2n) is 5.14. The monoisotopic (exact) mass is 197 g/mol. The topological polar surface area (TPSA) is 40.5 Å². The molecule has 3 heteroatoms. The normalized spacial score (nSPS) is 38.5. The highest BCUT2D eigenvalue weighted by molar-refractivity contribution is 5.80. The molecule has 0 aromatic carbocycles. The zero-order chi connectivity index (χ0) is 10.3. The minimum Gasteiger partial charge on any atom is -0.384 e. The maximum absolute atomic E-state index is 11.6. The Morgan fingerprint density at radius 2 is 2.36 bits per heavy atom. The van der Waals surface area contributed by atoms with Crippen molar-refractivity contribution in [2.24, 2.45) is 11.3 Å². The first-order valence-corrected chi connectivity index (χ1v) is 5.50. The number of carbonyl (C=O) groups is 1. The summed E-state index contributed by atoms with van der Waals surface area (Å²) in [7, 11) is 0. The Morgan fingerprint density at radius 3 is 2.93 bits per heavy atom. The van der Waals surface area contributed by atoms with Crippen LogP contribution in [0.25, 0.3) is 0 Å². The molecule has 1 aliphatic heterocycles. The molecule has 0 unspecified atom stereocenters. The number of hydrogen-bond acceptors (Lipinski definition) is 2.